The third-order valence-corrected chi connectivity index (χ3v) is 4.12. The Bertz CT molecular complexity index is 965. The average Bonchev–Trinajstić information content (AvgIpc) is 3.10. The fourth-order valence-electron chi connectivity index (χ4n) is 2.64. The molecule has 7 heteroatoms. The maximum atomic E-state index is 12.7. The first-order chi connectivity index (χ1) is 13.5. The summed E-state index contributed by atoms with van der Waals surface area (Å²) in [4.78, 5) is 30.5. The lowest BCUT2D eigenvalue weighted by Crippen LogP contribution is -2.35. The number of carbonyl (C=O) groups excluding carboxylic acids is 2. The van der Waals surface area contributed by atoms with Crippen molar-refractivity contribution >= 4 is 17.5 Å². The van der Waals surface area contributed by atoms with Crippen molar-refractivity contribution in [2.75, 3.05) is 26.0 Å². The van der Waals surface area contributed by atoms with Crippen LogP contribution in [0.3, 0.4) is 0 Å². The zero-order valence-corrected chi connectivity index (χ0v) is 15.9. The van der Waals surface area contributed by atoms with E-state index in [-0.39, 0.29) is 24.1 Å². The number of rotatable bonds is 6. The summed E-state index contributed by atoms with van der Waals surface area (Å²) in [6.45, 7) is 1.57. The van der Waals surface area contributed by atoms with Crippen LogP contribution in [0.1, 0.15) is 16.2 Å². The fourth-order valence-corrected chi connectivity index (χ4v) is 2.64. The largest absolute Gasteiger partial charge is 0.497 e. The smallest absolute Gasteiger partial charge is 0.276 e. The van der Waals surface area contributed by atoms with Gasteiger partial charge in [0, 0.05) is 18.3 Å². The zero-order chi connectivity index (χ0) is 20.1. The van der Waals surface area contributed by atoms with Gasteiger partial charge in [0.2, 0.25) is 11.8 Å². The van der Waals surface area contributed by atoms with Gasteiger partial charge >= 0.3 is 0 Å². The molecule has 3 aromatic rings. The Balaban J connectivity index is 1.65. The maximum Gasteiger partial charge on any atom is 0.276 e. The summed E-state index contributed by atoms with van der Waals surface area (Å²) >= 11 is 0. The Morgan fingerprint density at radius 2 is 1.79 bits per heavy atom. The van der Waals surface area contributed by atoms with E-state index in [1.54, 1.807) is 45.3 Å². The number of hydrogen-bond donors (Lipinski definition) is 1. The van der Waals surface area contributed by atoms with Crippen molar-refractivity contribution < 1.29 is 18.7 Å². The van der Waals surface area contributed by atoms with Gasteiger partial charge in [0.1, 0.15) is 11.5 Å². The standard InChI is InChI=1S/C21H21N3O4/c1-14-19(23-20(28-14)15-7-5-4-6-8-15)21(26)24(2)13-18(25)22-16-9-11-17(27-3)12-10-16/h4-12H,13H2,1-3H3,(H,22,25). The van der Waals surface area contributed by atoms with Crippen LogP contribution in [0.4, 0.5) is 5.69 Å². The number of aromatic nitrogens is 1. The number of carbonyl (C=O) groups is 2. The van der Waals surface area contributed by atoms with E-state index in [0.29, 0.717) is 23.1 Å². The zero-order valence-electron chi connectivity index (χ0n) is 15.9. The van der Waals surface area contributed by atoms with E-state index in [9.17, 15) is 9.59 Å². The van der Waals surface area contributed by atoms with Crippen LogP contribution in [-0.2, 0) is 4.79 Å². The number of nitrogens with one attached hydrogen (secondary N) is 1. The summed E-state index contributed by atoms with van der Waals surface area (Å²) in [7, 11) is 3.12. The average molecular weight is 379 g/mol. The number of ether oxygens (including phenoxy) is 1. The van der Waals surface area contributed by atoms with Crippen LogP contribution in [-0.4, -0.2) is 42.4 Å². The van der Waals surface area contributed by atoms with Gasteiger partial charge in [0.25, 0.3) is 5.91 Å². The highest BCUT2D eigenvalue weighted by Crippen LogP contribution is 2.22. The van der Waals surface area contributed by atoms with Crippen LogP contribution in [0.5, 0.6) is 5.75 Å². The molecule has 1 N–H and O–H groups in total. The fraction of sp³-hybridized carbons (Fsp3) is 0.190. The first-order valence-electron chi connectivity index (χ1n) is 8.70. The Labute approximate surface area is 162 Å². The van der Waals surface area contributed by atoms with Crippen LogP contribution >= 0.6 is 0 Å². The second-order valence-corrected chi connectivity index (χ2v) is 6.23. The lowest BCUT2D eigenvalue weighted by molar-refractivity contribution is -0.116. The normalized spacial score (nSPS) is 10.4. The van der Waals surface area contributed by atoms with Crippen molar-refractivity contribution in [2.24, 2.45) is 0 Å². The second-order valence-electron chi connectivity index (χ2n) is 6.23. The van der Waals surface area contributed by atoms with Gasteiger partial charge in [0.15, 0.2) is 5.69 Å². The monoisotopic (exact) mass is 379 g/mol. The van der Waals surface area contributed by atoms with Crippen molar-refractivity contribution in [1.82, 2.24) is 9.88 Å². The molecule has 2 amide bonds. The second kappa shape index (κ2) is 8.39. The van der Waals surface area contributed by atoms with Crippen LogP contribution in [0, 0.1) is 6.92 Å². The lowest BCUT2D eigenvalue weighted by Gasteiger charge is -2.15. The van der Waals surface area contributed by atoms with Crippen molar-refractivity contribution in [2.45, 2.75) is 6.92 Å². The first kappa shape index (κ1) is 19.2. The Hall–Kier alpha value is -3.61. The highest BCUT2D eigenvalue weighted by atomic mass is 16.5. The molecule has 1 aromatic heterocycles. The molecule has 0 aliphatic carbocycles. The number of amides is 2. The topological polar surface area (TPSA) is 84.7 Å². The van der Waals surface area contributed by atoms with Crippen LogP contribution in [0.25, 0.3) is 11.5 Å². The van der Waals surface area contributed by atoms with Gasteiger partial charge in [-0.1, -0.05) is 18.2 Å². The van der Waals surface area contributed by atoms with E-state index in [1.165, 1.54) is 4.90 Å². The highest BCUT2D eigenvalue weighted by molar-refractivity contribution is 5.99. The minimum Gasteiger partial charge on any atom is -0.497 e. The molecule has 28 heavy (non-hydrogen) atoms. The predicted molar refractivity (Wildman–Crippen MR) is 105 cm³/mol. The van der Waals surface area contributed by atoms with E-state index < -0.39 is 0 Å². The third-order valence-electron chi connectivity index (χ3n) is 4.12. The molecule has 0 saturated carbocycles. The molecule has 144 valence electrons. The third kappa shape index (κ3) is 4.37. The van der Waals surface area contributed by atoms with E-state index in [1.807, 2.05) is 30.3 Å². The molecule has 0 saturated heterocycles. The number of methoxy groups -OCH3 is 1. The summed E-state index contributed by atoms with van der Waals surface area (Å²) in [6, 6.07) is 16.3. The molecular weight excluding hydrogens is 358 g/mol. The molecule has 0 radical (unpaired) electrons. The number of anilines is 1. The minimum atomic E-state index is -0.381. The molecule has 0 spiro atoms. The number of oxazole rings is 1. The maximum absolute atomic E-state index is 12.7. The Kier molecular flexibility index (Phi) is 5.74. The van der Waals surface area contributed by atoms with E-state index in [4.69, 9.17) is 9.15 Å². The molecule has 0 aliphatic rings. The number of benzene rings is 2. The molecule has 0 atom stereocenters. The van der Waals surface area contributed by atoms with Crippen molar-refractivity contribution in [3.63, 3.8) is 0 Å². The van der Waals surface area contributed by atoms with Crippen molar-refractivity contribution in [3.05, 3.63) is 66.1 Å². The van der Waals surface area contributed by atoms with Gasteiger partial charge in [-0.15, -0.1) is 0 Å². The summed E-state index contributed by atoms with van der Waals surface area (Å²) in [5.41, 5.74) is 1.60. The van der Waals surface area contributed by atoms with E-state index in [2.05, 4.69) is 10.3 Å². The SMILES string of the molecule is COc1ccc(NC(=O)CN(C)C(=O)c2nc(-c3ccccc3)oc2C)cc1. The van der Waals surface area contributed by atoms with Crippen LogP contribution in [0.2, 0.25) is 0 Å². The van der Waals surface area contributed by atoms with Crippen LogP contribution < -0.4 is 10.1 Å². The van der Waals surface area contributed by atoms with Crippen LogP contribution in [0.15, 0.2) is 59.0 Å². The van der Waals surface area contributed by atoms with Gasteiger partial charge in [-0.3, -0.25) is 9.59 Å². The number of hydrogen-bond acceptors (Lipinski definition) is 5. The van der Waals surface area contributed by atoms with Crippen molar-refractivity contribution in [3.8, 4) is 17.2 Å². The number of likely N-dealkylation sites (N-methyl/N-ethyl adjacent to an activating group) is 1. The van der Waals surface area contributed by atoms with E-state index >= 15 is 0 Å². The molecule has 0 unspecified atom stereocenters. The molecule has 0 bridgehead atoms. The highest BCUT2D eigenvalue weighted by Gasteiger charge is 2.22. The Morgan fingerprint density at radius 3 is 2.43 bits per heavy atom. The summed E-state index contributed by atoms with van der Waals surface area (Å²) in [5.74, 6) is 0.781. The Morgan fingerprint density at radius 1 is 1.11 bits per heavy atom. The van der Waals surface area contributed by atoms with Gasteiger partial charge in [-0.2, -0.15) is 0 Å². The van der Waals surface area contributed by atoms with Gasteiger partial charge in [-0.05, 0) is 43.3 Å². The van der Waals surface area contributed by atoms with Gasteiger partial charge in [-0.25, -0.2) is 4.98 Å². The molecule has 1 heterocycles. The molecule has 3 rings (SSSR count). The summed E-state index contributed by atoms with van der Waals surface area (Å²) in [6.07, 6.45) is 0. The summed E-state index contributed by atoms with van der Waals surface area (Å²) < 4.78 is 10.7. The van der Waals surface area contributed by atoms with Gasteiger partial charge < -0.3 is 19.4 Å². The minimum absolute atomic E-state index is 0.113. The van der Waals surface area contributed by atoms with Gasteiger partial charge in [0.05, 0.1) is 13.7 Å². The number of aryl methyl sites for hydroxylation is 1. The quantitative estimate of drug-likeness (QED) is 0.710. The molecule has 0 aliphatic heterocycles. The van der Waals surface area contributed by atoms with Crippen molar-refractivity contribution in [1.29, 1.82) is 0 Å². The summed E-state index contributed by atoms with van der Waals surface area (Å²) in [5, 5.41) is 2.74. The first-order valence-corrected chi connectivity index (χ1v) is 8.70. The molecule has 7 nitrogen and oxygen atoms in total. The van der Waals surface area contributed by atoms with E-state index in [0.717, 1.165) is 5.56 Å². The number of nitrogens with zero attached hydrogens (tertiary/aromatic N) is 2. The molecular formula is C21H21N3O4. The molecule has 0 fully saturated rings. The lowest BCUT2D eigenvalue weighted by atomic mass is 10.2. The predicted octanol–water partition coefficient (Wildman–Crippen LogP) is 3.37. The molecule has 2 aromatic carbocycles.